The molecule has 194 valence electrons. The molecule has 0 radical (unpaired) electrons. The van der Waals surface area contributed by atoms with Gasteiger partial charge in [-0.25, -0.2) is 8.42 Å². The molecule has 3 rings (SSSR count). The highest BCUT2D eigenvalue weighted by atomic mass is 35.5. The molecule has 0 spiro atoms. The van der Waals surface area contributed by atoms with Crippen molar-refractivity contribution < 1.29 is 32.3 Å². The van der Waals surface area contributed by atoms with Gasteiger partial charge < -0.3 is 15.2 Å². The van der Waals surface area contributed by atoms with Crippen LogP contribution in [0.1, 0.15) is 59.8 Å². The number of sulfone groups is 1. The Kier molecular flexibility index (Phi) is 9.73. The second-order valence-corrected chi connectivity index (χ2v) is 12.5. The van der Waals surface area contributed by atoms with Gasteiger partial charge in [-0.1, -0.05) is 12.2 Å². The van der Waals surface area contributed by atoms with E-state index in [0.717, 1.165) is 0 Å². The lowest BCUT2D eigenvalue weighted by molar-refractivity contribution is -0.163. The fourth-order valence-corrected chi connectivity index (χ4v) is 5.57. The normalized spacial score (nSPS) is 29.3. The molecule has 4 unspecified atom stereocenters. The number of ether oxygens (including phenoxy) is 2. The number of hydrogen-bond donors (Lipinski definition) is 1. The van der Waals surface area contributed by atoms with Crippen LogP contribution in [0.5, 0.6) is 0 Å². The first-order valence-electron chi connectivity index (χ1n) is 11.3. The quantitative estimate of drug-likeness (QED) is 0.344. The van der Waals surface area contributed by atoms with Gasteiger partial charge in [-0.3, -0.25) is 14.4 Å². The Morgan fingerprint density at radius 3 is 2.03 bits per heavy atom. The van der Waals surface area contributed by atoms with E-state index < -0.39 is 32.1 Å². The van der Waals surface area contributed by atoms with Crippen molar-refractivity contribution >= 4 is 40.0 Å². The number of carbonyl (C=O) groups excluding carboxylic acids is 3. The average Bonchev–Trinajstić information content (AvgIpc) is 3.56. The van der Waals surface area contributed by atoms with Gasteiger partial charge in [0.05, 0.1) is 29.2 Å². The molecule has 0 aromatic carbocycles. The van der Waals surface area contributed by atoms with Crippen LogP contribution in [-0.2, 0) is 33.7 Å². The van der Waals surface area contributed by atoms with E-state index in [0.29, 0.717) is 32.3 Å². The van der Waals surface area contributed by atoms with Crippen molar-refractivity contribution in [1.82, 2.24) is 0 Å². The van der Waals surface area contributed by atoms with Gasteiger partial charge in [0.1, 0.15) is 11.4 Å². The molecule has 0 aromatic rings. The lowest BCUT2D eigenvalue weighted by Gasteiger charge is -2.21. The number of ketones is 1. The Morgan fingerprint density at radius 1 is 1.09 bits per heavy atom. The van der Waals surface area contributed by atoms with E-state index in [-0.39, 0.29) is 53.6 Å². The van der Waals surface area contributed by atoms with Crippen LogP contribution in [-0.4, -0.2) is 54.9 Å². The summed E-state index contributed by atoms with van der Waals surface area (Å²) in [5.41, 5.74) is 3.57. The van der Waals surface area contributed by atoms with E-state index in [9.17, 15) is 22.8 Å². The van der Waals surface area contributed by atoms with Crippen molar-refractivity contribution in [1.29, 1.82) is 0 Å². The summed E-state index contributed by atoms with van der Waals surface area (Å²) in [4.78, 5) is 35.4. The largest absolute Gasteiger partial charge is 0.466 e. The number of nitrogens with two attached hydrogens (primary N) is 1. The minimum absolute atomic E-state index is 0. The molecule has 8 nitrogen and oxygen atoms in total. The number of hydrogen-bond acceptors (Lipinski definition) is 8. The summed E-state index contributed by atoms with van der Waals surface area (Å²) in [7, 11) is -3.22. The Hall–Kier alpha value is -1.71. The summed E-state index contributed by atoms with van der Waals surface area (Å²) in [6, 6.07) is 0. The van der Waals surface area contributed by atoms with Crippen molar-refractivity contribution in [2.24, 2.45) is 23.0 Å². The minimum Gasteiger partial charge on any atom is -0.466 e. The van der Waals surface area contributed by atoms with Crippen LogP contribution in [0.15, 0.2) is 25.3 Å². The van der Waals surface area contributed by atoms with E-state index in [1.165, 1.54) is 0 Å². The Balaban J connectivity index is 0.000000334. The Morgan fingerprint density at radius 2 is 1.65 bits per heavy atom. The maximum absolute atomic E-state index is 11.9. The van der Waals surface area contributed by atoms with Crippen LogP contribution in [0, 0.1) is 17.3 Å². The summed E-state index contributed by atoms with van der Waals surface area (Å²) in [6.07, 6.45) is 5.95. The number of esters is 2. The lowest BCUT2D eigenvalue weighted by Crippen LogP contribution is -2.40. The summed E-state index contributed by atoms with van der Waals surface area (Å²) in [5, 5.41) is -0.286. The highest BCUT2D eigenvalue weighted by Gasteiger charge is 2.61. The van der Waals surface area contributed by atoms with Gasteiger partial charge in [0.25, 0.3) is 0 Å². The predicted octanol–water partition coefficient (Wildman–Crippen LogP) is 2.93. The third-order valence-corrected chi connectivity index (χ3v) is 8.36. The topological polar surface area (TPSA) is 130 Å². The number of allylic oxidation sites excluding steroid dienone is 1. The molecular formula is C24H38ClNO7S. The van der Waals surface area contributed by atoms with E-state index in [1.54, 1.807) is 39.8 Å². The number of Topliss-reactive ketones (excluding diaryl/α,β-unsaturated/α-hetero) is 1. The SMILES string of the molecule is C=CC1CC1(CC(=O)OC(C)(C)C)C(=O)OCC.C=CC1CC1(N)C(=O)CS(=O)(=O)C1CC1.Cl. The first kappa shape index (κ1) is 30.3. The molecule has 34 heavy (non-hydrogen) atoms. The second-order valence-electron chi connectivity index (χ2n) is 10.2. The van der Waals surface area contributed by atoms with Gasteiger partial charge in [0.2, 0.25) is 0 Å². The third kappa shape index (κ3) is 7.39. The standard InChI is InChI=1S/C14H22O4.C10H15NO3S.ClH/c1-6-10-8-14(10,12(16)17-7-2)9-11(15)18-13(3,4)5;1-2-7-5-10(7,11)9(12)6-15(13,14)8-3-4-8;/h6,10H,1,7-9H2,2-5H3;2,7-8H,1,3-6,11H2;1H. The second kappa shape index (κ2) is 10.9. The maximum Gasteiger partial charge on any atom is 0.313 e. The molecule has 0 amide bonds. The monoisotopic (exact) mass is 519 g/mol. The first-order chi connectivity index (χ1) is 15.1. The molecule has 0 bridgehead atoms. The molecule has 3 saturated carbocycles. The Labute approximate surface area is 209 Å². The molecule has 4 atom stereocenters. The van der Waals surface area contributed by atoms with Crippen molar-refractivity contribution in [3.05, 3.63) is 25.3 Å². The van der Waals surface area contributed by atoms with Crippen LogP contribution in [0.3, 0.4) is 0 Å². The molecule has 2 N–H and O–H groups in total. The highest BCUT2D eigenvalue weighted by Crippen LogP contribution is 2.57. The van der Waals surface area contributed by atoms with Crippen LogP contribution < -0.4 is 5.73 Å². The van der Waals surface area contributed by atoms with Gasteiger partial charge in [0, 0.05) is 5.92 Å². The van der Waals surface area contributed by atoms with Crippen LogP contribution in [0.25, 0.3) is 0 Å². The van der Waals surface area contributed by atoms with E-state index in [1.807, 2.05) is 0 Å². The zero-order chi connectivity index (χ0) is 25.2. The van der Waals surface area contributed by atoms with Crippen LogP contribution >= 0.6 is 12.4 Å². The van der Waals surface area contributed by atoms with Crippen molar-refractivity contribution in [2.45, 2.75) is 76.2 Å². The van der Waals surface area contributed by atoms with Crippen molar-refractivity contribution in [2.75, 3.05) is 12.4 Å². The van der Waals surface area contributed by atoms with E-state index >= 15 is 0 Å². The van der Waals surface area contributed by atoms with Gasteiger partial charge in [-0.2, -0.15) is 0 Å². The molecule has 0 saturated heterocycles. The molecule has 3 aliphatic rings. The van der Waals surface area contributed by atoms with Crippen molar-refractivity contribution in [3.8, 4) is 0 Å². The summed E-state index contributed by atoms with van der Waals surface area (Å²) >= 11 is 0. The molecule has 0 aliphatic heterocycles. The first-order valence-corrected chi connectivity index (χ1v) is 13.0. The van der Waals surface area contributed by atoms with E-state index in [4.69, 9.17) is 15.2 Å². The van der Waals surface area contributed by atoms with Gasteiger partial charge >= 0.3 is 11.9 Å². The average molecular weight is 520 g/mol. The Bertz CT molecular complexity index is 922. The van der Waals surface area contributed by atoms with Gasteiger partial charge in [0.15, 0.2) is 15.6 Å². The molecule has 0 aromatic heterocycles. The van der Waals surface area contributed by atoms with Crippen LogP contribution in [0.2, 0.25) is 0 Å². The highest BCUT2D eigenvalue weighted by molar-refractivity contribution is 7.93. The van der Waals surface area contributed by atoms with E-state index in [2.05, 4.69) is 13.2 Å². The lowest BCUT2D eigenvalue weighted by atomic mass is 9.99. The van der Waals surface area contributed by atoms with Crippen LogP contribution in [0.4, 0.5) is 0 Å². The predicted molar refractivity (Wildman–Crippen MR) is 132 cm³/mol. The van der Waals surface area contributed by atoms with Gasteiger partial charge in [-0.05, 0) is 59.3 Å². The zero-order valence-electron chi connectivity index (χ0n) is 20.5. The number of halogens is 1. The number of rotatable bonds is 10. The zero-order valence-corrected chi connectivity index (χ0v) is 22.1. The molecule has 3 aliphatic carbocycles. The summed E-state index contributed by atoms with van der Waals surface area (Å²) < 4.78 is 33.4. The minimum atomic E-state index is -3.22. The molecular weight excluding hydrogens is 482 g/mol. The maximum atomic E-state index is 11.9. The smallest absolute Gasteiger partial charge is 0.313 e. The molecule has 3 fully saturated rings. The van der Waals surface area contributed by atoms with Gasteiger partial charge in [-0.15, -0.1) is 25.6 Å². The summed E-state index contributed by atoms with van der Waals surface area (Å²) in [5.74, 6) is -1.44. The fraction of sp³-hybridized carbons (Fsp3) is 0.708. The summed E-state index contributed by atoms with van der Waals surface area (Å²) in [6.45, 7) is 14.7. The third-order valence-electron chi connectivity index (χ3n) is 6.21. The fourth-order valence-electron chi connectivity index (χ4n) is 3.84. The molecule has 0 heterocycles. The van der Waals surface area contributed by atoms with Crippen molar-refractivity contribution in [3.63, 3.8) is 0 Å². The molecule has 10 heteroatoms. The number of carbonyl (C=O) groups is 3.